The quantitative estimate of drug-likeness (QED) is 0.720. The third-order valence-electron chi connectivity index (χ3n) is 4.90. The fraction of sp³-hybridized carbons (Fsp3) is 0.353. The maximum Gasteiger partial charge on any atom is 0.227 e. The smallest absolute Gasteiger partial charge is 0.227 e. The van der Waals surface area contributed by atoms with Gasteiger partial charge in [-0.3, -0.25) is 9.48 Å². The molecule has 0 aliphatic carbocycles. The van der Waals surface area contributed by atoms with Gasteiger partial charge < -0.3 is 9.80 Å². The molecule has 2 aliphatic heterocycles. The van der Waals surface area contributed by atoms with E-state index in [0.29, 0.717) is 12.1 Å². The van der Waals surface area contributed by atoms with Gasteiger partial charge in [-0.2, -0.15) is 5.10 Å². The van der Waals surface area contributed by atoms with E-state index in [2.05, 4.69) is 25.0 Å². The van der Waals surface area contributed by atoms with E-state index in [9.17, 15) is 4.79 Å². The standard InChI is InChI=1S/C17H17N7O/c25-15-4-2-6-23(15)12-7-21-24(10-12)13-8-22(9-13)17-14-3-1-5-18-16(14)19-11-20-17/h1,3,5,7,10-11,13H,2,4,6,8-9H2. The molecule has 0 bridgehead atoms. The minimum absolute atomic E-state index is 0.190. The molecule has 0 spiro atoms. The lowest BCUT2D eigenvalue weighted by Crippen LogP contribution is -2.48. The number of rotatable bonds is 3. The molecule has 0 saturated carbocycles. The largest absolute Gasteiger partial charge is 0.352 e. The Kier molecular flexibility index (Phi) is 3.16. The zero-order valence-electron chi connectivity index (χ0n) is 13.6. The summed E-state index contributed by atoms with van der Waals surface area (Å²) in [4.78, 5) is 28.8. The maximum absolute atomic E-state index is 11.9. The molecule has 2 fully saturated rings. The lowest BCUT2D eigenvalue weighted by atomic mass is 10.1. The van der Waals surface area contributed by atoms with Crippen molar-refractivity contribution < 1.29 is 4.79 Å². The van der Waals surface area contributed by atoms with Crippen molar-refractivity contribution >= 4 is 28.4 Å². The summed E-state index contributed by atoms with van der Waals surface area (Å²) in [6.45, 7) is 2.45. The molecule has 0 atom stereocenters. The summed E-state index contributed by atoms with van der Waals surface area (Å²) < 4.78 is 1.96. The summed E-state index contributed by atoms with van der Waals surface area (Å²) in [7, 11) is 0. The Morgan fingerprint density at radius 3 is 2.92 bits per heavy atom. The number of hydrogen-bond acceptors (Lipinski definition) is 6. The predicted octanol–water partition coefficient (Wildman–Crippen LogP) is 1.41. The number of carbonyl (C=O) groups excluding carboxylic acids is 1. The van der Waals surface area contributed by atoms with Crippen LogP contribution in [0.5, 0.6) is 0 Å². The second kappa shape index (κ2) is 5.51. The summed E-state index contributed by atoms with van der Waals surface area (Å²) >= 11 is 0. The zero-order valence-corrected chi connectivity index (χ0v) is 13.6. The van der Waals surface area contributed by atoms with Crippen molar-refractivity contribution in [3.8, 4) is 0 Å². The van der Waals surface area contributed by atoms with Crippen LogP contribution in [0.2, 0.25) is 0 Å². The molecule has 0 unspecified atom stereocenters. The van der Waals surface area contributed by atoms with Gasteiger partial charge in [0.2, 0.25) is 5.91 Å². The summed E-state index contributed by atoms with van der Waals surface area (Å²) in [6, 6.07) is 4.18. The second-order valence-corrected chi connectivity index (χ2v) is 6.46. The first-order valence-corrected chi connectivity index (χ1v) is 8.45. The Morgan fingerprint density at radius 2 is 2.08 bits per heavy atom. The van der Waals surface area contributed by atoms with Gasteiger partial charge in [0.15, 0.2) is 5.65 Å². The highest BCUT2D eigenvalue weighted by Crippen LogP contribution is 2.31. The molecule has 0 aromatic carbocycles. The minimum atomic E-state index is 0.190. The maximum atomic E-state index is 11.9. The number of pyridine rings is 1. The van der Waals surface area contributed by atoms with Crippen LogP contribution in [0.4, 0.5) is 11.5 Å². The van der Waals surface area contributed by atoms with Crippen molar-refractivity contribution in [3.63, 3.8) is 0 Å². The van der Waals surface area contributed by atoms with Gasteiger partial charge in [-0.1, -0.05) is 0 Å². The van der Waals surface area contributed by atoms with E-state index in [4.69, 9.17) is 0 Å². The number of hydrogen-bond donors (Lipinski definition) is 0. The van der Waals surface area contributed by atoms with Gasteiger partial charge in [0.25, 0.3) is 0 Å². The molecule has 5 heterocycles. The predicted molar refractivity (Wildman–Crippen MR) is 92.4 cm³/mol. The number of carbonyl (C=O) groups is 1. The number of amides is 1. The molecule has 5 rings (SSSR count). The van der Waals surface area contributed by atoms with Gasteiger partial charge in [-0.05, 0) is 18.6 Å². The first-order valence-electron chi connectivity index (χ1n) is 8.45. The molecule has 0 radical (unpaired) electrons. The molecule has 2 saturated heterocycles. The Balaban J connectivity index is 1.33. The molecule has 126 valence electrons. The van der Waals surface area contributed by atoms with Crippen LogP contribution in [0.3, 0.4) is 0 Å². The average molecular weight is 335 g/mol. The van der Waals surface area contributed by atoms with E-state index in [1.807, 2.05) is 27.9 Å². The van der Waals surface area contributed by atoms with Gasteiger partial charge in [0, 0.05) is 38.4 Å². The van der Waals surface area contributed by atoms with E-state index in [-0.39, 0.29) is 11.9 Å². The summed E-state index contributed by atoms with van der Waals surface area (Å²) in [5.41, 5.74) is 1.61. The van der Waals surface area contributed by atoms with E-state index in [1.165, 1.54) is 0 Å². The Hall–Kier alpha value is -3.03. The number of fused-ring (bicyclic) bond motifs is 1. The first-order chi connectivity index (χ1) is 12.3. The van der Waals surface area contributed by atoms with Crippen LogP contribution in [-0.4, -0.2) is 50.3 Å². The molecule has 3 aromatic rings. The summed E-state index contributed by atoms with van der Waals surface area (Å²) in [5.74, 6) is 1.10. The Morgan fingerprint density at radius 1 is 1.16 bits per heavy atom. The lowest BCUT2D eigenvalue weighted by Gasteiger charge is -2.40. The lowest BCUT2D eigenvalue weighted by molar-refractivity contribution is -0.117. The van der Waals surface area contributed by atoms with Gasteiger partial charge in [-0.25, -0.2) is 15.0 Å². The molecule has 1 amide bonds. The summed E-state index contributed by atoms with van der Waals surface area (Å²) in [5, 5.41) is 5.42. The van der Waals surface area contributed by atoms with Gasteiger partial charge in [0.05, 0.1) is 23.3 Å². The molecule has 0 N–H and O–H groups in total. The highest BCUT2D eigenvalue weighted by atomic mass is 16.2. The monoisotopic (exact) mass is 335 g/mol. The van der Waals surface area contributed by atoms with Gasteiger partial charge >= 0.3 is 0 Å². The number of aromatic nitrogens is 5. The Labute approximate surface area is 144 Å². The fourth-order valence-corrected chi connectivity index (χ4v) is 3.52. The van der Waals surface area contributed by atoms with Crippen molar-refractivity contribution in [1.82, 2.24) is 24.7 Å². The van der Waals surface area contributed by atoms with Crippen molar-refractivity contribution in [2.75, 3.05) is 29.4 Å². The van der Waals surface area contributed by atoms with Gasteiger partial charge in [0.1, 0.15) is 12.1 Å². The molecule has 8 nitrogen and oxygen atoms in total. The van der Waals surface area contributed by atoms with Crippen molar-refractivity contribution in [2.24, 2.45) is 0 Å². The third kappa shape index (κ3) is 2.33. The van der Waals surface area contributed by atoms with Crippen LogP contribution in [0.25, 0.3) is 11.0 Å². The SMILES string of the molecule is O=C1CCCN1c1cnn(C2CN(c3ncnc4ncccc34)C2)c1. The average Bonchev–Trinajstić information content (AvgIpc) is 3.23. The highest BCUT2D eigenvalue weighted by Gasteiger charge is 2.32. The van der Waals surface area contributed by atoms with E-state index in [1.54, 1.807) is 18.7 Å². The molecule has 8 heteroatoms. The Bertz CT molecular complexity index is 942. The summed E-state index contributed by atoms with van der Waals surface area (Å²) in [6.07, 6.45) is 8.62. The second-order valence-electron chi connectivity index (χ2n) is 6.46. The van der Waals surface area contributed by atoms with Crippen LogP contribution < -0.4 is 9.80 Å². The zero-order chi connectivity index (χ0) is 16.8. The molecule has 25 heavy (non-hydrogen) atoms. The number of nitrogens with zero attached hydrogens (tertiary/aromatic N) is 7. The topological polar surface area (TPSA) is 80.0 Å². The minimum Gasteiger partial charge on any atom is -0.352 e. The van der Waals surface area contributed by atoms with Crippen molar-refractivity contribution in [3.05, 3.63) is 37.1 Å². The van der Waals surface area contributed by atoms with Crippen molar-refractivity contribution in [2.45, 2.75) is 18.9 Å². The molecular formula is C17H17N7O. The van der Waals surface area contributed by atoms with E-state index < -0.39 is 0 Å². The number of anilines is 2. The van der Waals surface area contributed by atoms with Crippen LogP contribution in [0, 0.1) is 0 Å². The van der Waals surface area contributed by atoms with Crippen LogP contribution in [0.15, 0.2) is 37.1 Å². The van der Waals surface area contributed by atoms with Crippen LogP contribution in [0.1, 0.15) is 18.9 Å². The fourth-order valence-electron chi connectivity index (χ4n) is 3.52. The van der Waals surface area contributed by atoms with Crippen molar-refractivity contribution in [1.29, 1.82) is 0 Å². The molecular weight excluding hydrogens is 318 g/mol. The first kappa shape index (κ1) is 14.3. The normalized spacial score (nSPS) is 18.2. The van der Waals surface area contributed by atoms with Crippen LogP contribution >= 0.6 is 0 Å². The van der Waals surface area contributed by atoms with Gasteiger partial charge in [-0.15, -0.1) is 0 Å². The van der Waals surface area contributed by atoms with E-state index >= 15 is 0 Å². The van der Waals surface area contributed by atoms with Crippen LogP contribution in [-0.2, 0) is 4.79 Å². The molecule has 2 aliphatic rings. The highest BCUT2D eigenvalue weighted by molar-refractivity contribution is 5.95. The molecule has 3 aromatic heterocycles. The van der Waals surface area contributed by atoms with E-state index in [0.717, 1.165) is 42.9 Å². The third-order valence-corrected chi connectivity index (χ3v) is 4.90.